The smallest absolute Gasteiger partial charge is 0.253 e. The first-order valence-corrected chi connectivity index (χ1v) is 6.76. The van der Waals surface area contributed by atoms with Crippen LogP contribution in [-0.2, 0) is 0 Å². The molecule has 0 spiro atoms. The topological polar surface area (TPSA) is 30.0 Å². The summed E-state index contributed by atoms with van der Waals surface area (Å²) in [4.78, 5) is 16.2. The van der Waals surface area contributed by atoms with Crippen LogP contribution >= 0.6 is 23.2 Å². The molecular formula is C16H9Cl2NO. The van der Waals surface area contributed by atoms with E-state index in [9.17, 15) is 4.79 Å². The predicted octanol–water partition coefficient (Wildman–Crippen LogP) is 4.93. The molecule has 3 rings (SSSR count). The van der Waals surface area contributed by atoms with Gasteiger partial charge in [-0.05, 0) is 35.9 Å². The van der Waals surface area contributed by atoms with Gasteiger partial charge < -0.3 is 0 Å². The quantitative estimate of drug-likeness (QED) is 0.628. The molecule has 2 nitrogen and oxygen atoms in total. The van der Waals surface area contributed by atoms with Crippen LogP contribution in [0.5, 0.6) is 0 Å². The Morgan fingerprint density at radius 3 is 2.55 bits per heavy atom. The molecule has 0 N–H and O–H groups in total. The number of hydrogen-bond donors (Lipinski definition) is 0. The number of benzene rings is 2. The minimum atomic E-state index is -0.494. The molecule has 0 aliphatic rings. The van der Waals surface area contributed by atoms with Gasteiger partial charge in [-0.2, -0.15) is 0 Å². The molecule has 20 heavy (non-hydrogen) atoms. The molecule has 0 saturated carbocycles. The molecule has 0 aliphatic carbocycles. The third-order valence-corrected chi connectivity index (χ3v) is 3.49. The summed E-state index contributed by atoms with van der Waals surface area (Å²) < 4.78 is 0. The van der Waals surface area contributed by atoms with E-state index in [2.05, 4.69) is 4.98 Å². The van der Waals surface area contributed by atoms with Gasteiger partial charge in [0.15, 0.2) is 0 Å². The second-order valence-electron chi connectivity index (χ2n) is 4.36. The fourth-order valence-corrected chi connectivity index (χ4v) is 2.48. The van der Waals surface area contributed by atoms with Crippen LogP contribution in [-0.4, -0.2) is 10.2 Å². The summed E-state index contributed by atoms with van der Waals surface area (Å²) in [6.45, 7) is 0. The van der Waals surface area contributed by atoms with Crippen molar-refractivity contribution in [1.82, 2.24) is 4.98 Å². The maximum absolute atomic E-state index is 11.6. The van der Waals surface area contributed by atoms with Crippen molar-refractivity contribution in [3.8, 4) is 11.3 Å². The summed E-state index contributed by atoms with van der Waals surface area (Å²) in [5, 5.41) is 0.876. The molecule has 0 bridgehead atoms. The van der Waals surface area contributed by atoms with E-state index in [1.54, 1.807) is 18.2 Å². The Morgan fingerprint density at radius 2 is 1.80 bits per heavy atom. The molecule has 0 amide bonds. The second kappa shape index (κ2) is 5.23. The molecule has 0 unspecified atom stereocenters. The third-order valence-electron chi connectivity index (χ3n) is 3.05. The van der Waals surface area contributed by atoms with Gasteiger partial charge in [-0.15, -0.1) is 0 Å². The average molecular weight is 302 g/mol. The van der Waals surface area contributed by atoms with Gasteiger partial charge in [0.05, 0.1) is 11.2 Å². The summed E-state index contributed by atoms with van der Waals surface area (Å²) in [5.74, 6) is 0. The largest absolute Gasteiger partial charge is 0.276 e. The average Bonchev–Trinajstić information content (AvgIpc) is 2.46. The lowest BCUT2D eigenvalue weighted by atomic mass is 10.0. The van der Waals surface area contributed by atoms with Crippen molar-refractivity contribution >= 4 is 39.3 Å². The minimum absolute atomic E-state index is 0.451. The number of rotatable bonds is 2. The lowest BCUT2D eigenvalue weighted by Gasteiger charge is -2.07. The van der Waals surface area contributed by atoms with Crippen LogP contribution in [0.1, 0.15) is 10.4 Å². The van der Waals surface area contributed by atoms with Crippen molar-refractivity contribution in [3.63, 3.8) is 0 Å². The van der Waals surface area contributed by atoms with Gasteiger partial charge in [0.2, 0.25) is 0 Å². The van der Waals surface area contributed by atoms with Crippen molar-refractivity contribution in [1.29, 1.82) is 0 Å². The van der Waals surface area contributed by atoms with Crippen LogP contribution in [0, 0.1) is 0 Å². The molecule has 4 heteroatoms. The Labute approximate surface area is 126 Å². The lowest BCUT2D eigenvalue weighted by molar-refractivity contribution is 0.108. The first-order chi connectivity index (χ1) is 9.65. The standard InChI is InChI=1S/C16H9Cl2NO/c17-11-5-3-4-10(8-11)15-9-13(16(18)20)12-6-1-2-7-14(12)19-15/h1-9H. The number of pyridine rings is 1. The summed E-state index contributed by atoms with van der Waals surface area (Å²) in [7, 11) is 0. The highest BCUT2D eigenvalue weighted by molar-refractivity contribution is 6.68. The third kappa shape index (κ3) is 2.40. The Hall–Kier alpha value is -1.90. The maximum atomic E-state index is 11.6. The van der Waals surface area contributed by atoms with E-state index < -0.39 is 5.24 Å². The summed E-state index contributed by atoms with van der Waals surface area (Å²) >= 11 is 11.7. The zero-order chi connectivity index (χ0) is 14.1. The molecule has 1 heterocycles. The van der Waals surface area contributed by atoms with E-state index in [0.717, 1.165) is 16.5 Å². The number of para-hydroxylation sites is 1. The van der Waals surface area contributed by atoms with Crippen LogP contribution < -0.4 is 0 Å². The normalized spacial score (nSPS) is 10.7. The molecule has 1 aromatic heterocycles. The summed E-state index contributed by atoms with van der Waals surface area (Å²) in [6, 6.07) is 16.4. The lowest BCUT2D eigenvalue weighted by Crippen LogP contribution is -1.95. The van der Waals surface area contributed by atoms with Gasteiger partial charge in [-0.3, -0.25) is 4.79 Å². The van der Waals surface area contributed by atoms with Crippen LogP contribution in [0.25, 0.3) is 22.2 Å². The molecule has 3 aromatic rings. The summed E-state index contributed by atoms with van der Waals surface area (Å²) in [6.07, 6.45) is 0. The molecule has 98 valence electrons. The van der Waals surface area contributed by atoms with E-state index in [0.29, 0.717) is 16.3 Å². The molecule has 0 aliphatic heterocycles. The van der Waals surface area contributed by atoms with Crippen LogP contribution in [0.4, 0.5) is 0 Å². The molecule has 2 aromatic carbocycles. The van der Waals surface area contributed by atoms with Gasteiger partial charge in [0.1, 0.15) is 0 Å². The fraction of sp³-hybridized carbons (Fsp3) is 0. The van der Waals surface area contributed by atoms with Crippen molar-refractivity contribution in [2.24, 2.45) is 0 Å². The molecule has 0 fully saturated rings. The first kappa shape index (κ1) is 13.1. The number of hydrogen-bond acceptors (Lipinski definition) is 2. The Balaban J connectivity index is 2.30. The molecular weight excluding hydrogens is 293 g/mol. The fourth-order valence-electron chi connectivity index (χ4n) is 2.13. The SMILES string of the molecule is O=C(Cl)c1cc(-c2cccc(Cl)c2)nc2ccccc12. The Kier molecular flexibility index (Phi) is 3.43. The van der Waals surface area contributed by atoms with E-state index in [1.807, 2.05) is 36.4 Å². The highest BCUT2D eigenvalue weighted by Gasteiger charge is 2.11. The van der Waals surface area contributed by atoms with Crippen molar-refractivity contribution in [2.75, 3.05) is 0 Å². The number of nitrogens with zero attached hydrogens (tertiary/aromatic N) is 1. The van der Waals surface area contributed by atoms with Gasteiger partial charge in [-0.25, -0.2) is 4.98 Å². The van der Waals surface area contributed by atoms with Crippen LogP contribution in [0.2, 0.25) is 5.02 Å². The number of carbonyl (C=O) groups excluding carboxylic acids is 1. The van der Waals surface area contributed by atoms with E-state index in [-0.39, 0.29) is 0 Å². The van der Waals surface area contributed by atoms with Crippen LogP contribution in [0.3, 0.4) is 0 Å². The van der Waals surface area contributed by atoms with E-state index >= 15 is 0 Å². The minimum Gasteiger partial charge on any atom is -0.276 e. The number of aromatic nitrogens is 1. The highest BCUT2D eigenvalue weighted by Crippen LogP contribution is 2.27. The van der Waals surface area contributed by atoms with Gasteiger partial charge in [0, 0.05) is 21.5 Å². The van der Waals surface area contributed by atoms with Crippen LogP contribution in [0.15, 0.2) is 54.6 Å². The van der Waals surface area contributed by atoms with Gasteiger partial charge in [-0.1, -0.05) is 41.9 Å². The monoisotopic (exact) mass is 301 g/mol. The zero-order valence-corrected chi connectivity index (χ0v) is 11.8. The second-order valence-corrected chi connectivity index (χ2v) is 5.14. The number of halogens is 2. The van der Waals surface area contributed by atoms with Crippen molar-refractivity contribution in [2.45, 2.75) is 0 Å². The predicted molar refractivity (Wildman–Crippen MR) is 82.4 cm³/mol. The van der Waals surface area contributed by atoms with Crippen molar-refractivity contribution < 1.29 is 4.79 Å². The molecule has 0 saturated heterocycles. The van der Waals surface area contributed by atoms with E-state index in [1.165, 1.54) is 0 Å². The summed E-state index contributed by atoms with van der Waals surface area (Å²) in [5.41, 5.74) is 2.71. The number of fused-ring (bicyclic) bond motifs is 1. The molecule has 0 radical (unpaired) electrons. The number of carbonyl (C=O) groups is 1. The Bertz CT molecular complexity index is 814. The van der Waals surface area contributed by atoms with Gasteiger partial charge in [0.25, 0.3) is 5.24 Å². The van der Waals surface area contributed by atoms with E-state index in [4.69, 9.17) is 23.2 Å². The first-order valence-electron chi connectivity index (χ1n) is 6.01. The Morgan fingerprint density at radius 1 is 1.00 bits per heavy atom. The molecule has 0 atom stereocenters. The van der Waals surface area contributed by atoms with Crippen molar-refractivity contribution in [3.05, 3.63) is 65.2 Å². The van der Waals surface area contributed by atoms with Gasteiger partial charge >= 0.3 is 0 Å². The highest BCUT2D eigenvalue weighted by atomic mass is 35.5. The zero-order valence-electron chi connectivity index (χ0n) is 10.3. The maximum Gasteiger partial charge on any atom is 0.253 e.